The van der Waals surface area contributed by atoms with Crippen LogP contribution in [0.15, 0.2) is 24.3 Å². The van der Waals surface area contributed by atoms with Crippen molar-refractivity contribution in [3.63, 3.8) is 0 Å². The van der Waals surface area contributed by atoms with Gasteiger partial charge < -0.3 is 15.0 Å². The highest BCUT2D eigenvalue weighted by molar-refractivity contribution is 5.99. The Morgan fingerprint density at radius 3 is 2.50 bits per heavy atom. The molecular weight excluding hydrogens is 306 g/mol. The minimum atomic E-state index is -0.141. The number of carbonyl (C=O) groups excluding carboxylic acids is 2. The van der Waals surface area contributed by atoms with Gasteiger partial charge in [0.05, 0.1) is 13.2 Å². The largest absolute Gasteiger partial charge is 0.379 e. The van der Waals surface area contributed by atoms with Crippen LogP contribution in [0, 0.1) is 0 Å². The van der Waals surface area contributed by atoms with Crippen molar-refractivity contribution in [3.05, 3.63) is 35.4 Å². The number of benzene rings is 1. The molecule has 132 valence electrons. The Morgan fingerprint density at radius 1 is 1.17 bits per heavy atom. The molecule has 1 heterocycles. The van der Waals surface area contributed by atoms with Crippen LogP contribution in [0.2, 0.25) is 0 Å². The van der Waals surface area contributed by atoms with Crippen molar-refractivity contribution in [2.75, 3.05) is 52.5 Å². The summed E-state index contributed by atoms with van der Waals surface area (Å²) in [6.07, 6.45) is 0. The third-order valence-electron chi connectivity index (χ3n) is 4.24. The predicted molar refractivity (Wildman–Crippen MR) is 93.3 cm³/mol. The Kier molecular flexibility index (Phi) is 7.21. The summed E-state index contributed by atoms with van der Waals surface area (Å²) in [5, 5.41) is 2.92. The Hall–Kier alpha value is -1.92. The molecule has 0 atom stereocenters. The number of morpholine rings is 1. The van der Waals surface area contributed by atoms with E-state index in [0.29, 0.717) is 30.8 Å². The molecule has 0 aliphatic carbocycles. The number of hydrogen-bond acceptors (Lipinski definition) is 4. The molecule has 24 heavy (non-hydrogen) atoms. The van der Waals surface area contributed by atoms with Crippen LogP contribution in [-0.4, -0.2) is 74.1 Å². The third kappa shape index (κ3) is 5.04. The van der Waals surface area contributed by atoms with Crippen LogP contribution in [0.25, 0.3) is 0 Å². The molecule has 1 N–H and O–H groups in total. The highest BCUT2D eigenvalue weighted by Crippen LogP contribution is 2.09. The van der Waals surface area contributed by atoms with Crippen LogP contribution in [0.3, 0.4) is 0 Å². The zero-order chi connectivity index (χ0) is 17.4. The van der Waals surface area contributed by atoms with Crippen molar-refractivity contribution in [2.45, 2.75) is 13.8 Å². The lowest BCUT2D eigenvalue weighted by molar-refractivity contribution is 0.0383. The average molecular weight is 333 g/mol. The Bertz CT molecular complexity index is 552. The highest BCUT2D eigenvalue weighted by Gasteiger charge is 2.15. The van der Waals surface area contributed by atoms with E-state index in [0.717, 1.165) is 32.8 Å². The van der Waals surface area contributed by atoms with E-state index in [2.05, 4.69) is 10.2 Å². The molecule has 2 rings (SSSR count). The molecule has 6 heteroatoms. The minimum Gasteiger partial charge on any atom is -0.379 e. The minimum absolute atomic E-state index is 0.0389. The number of ether oxygens (including phenoxy) is 1. The monoisotopic (exact) mass is 333 g/mol. The maximum Gasteiger partial charge on any atom is 0.253 e. The van der Waals surface area contributed by atoms with Crippen molar-refractivity contribution >= 4 is 11.8 Å². The molecule has 0 saturated carbocycles. The van der Waals surface area contributed by atoms with E-state index >= 15 is 0 Å². The first-order valence-electron chi connectivity index (χ1n) is 8.63. The lowest BCUT2D eigenvalue weighted by Crippen LogP contribution is -2.41. The molecule has 1 aliphatic rings. The number of nitrogens with zero attached hydrogens (tertiary/aromatic N) is 2. The summed E-state index contributed by atoms with van der Waals surface area (Å²) in [6, 6.07) is 6.92. The van der Waals surface area contributed by atoms with Crippen molar-refractivity contribution in [3.8, 4) is 0 Å². The fourth-order valence-corrected chi connectivity index (χ4v) is 2.74. The first-order chi connectivity index (χ1) is 11.7. The quantitative estimate of drug-likeness (QED) is 0.815. The lowest BCUT2D eigenvalue weighted by Gasteiger charge is -2.26. The van der Waals surface area contributed by atoms with E-state index in [1.165, 1.54) is 0 Å². The van der Waals surface area contributed by atoms with Crippen molar-refractivity contribution in [1.29, 1.82) is 0 Å². The standard InChI is InChI=1S/C18H27N3O3/c1-3-21(4-2)18(23)16-7-5-6-15(14-16)17(22)19-8-9-20-10-12-24-13-11-20/h5-7,14H,3-4,8-13H2,1-2H3,(H,19,22). The van der Waals surface area contributed by atoms with E-state index in [4.69, 9.17) is 4.74 Å². The topological polar surface area (TPSA) is 61.9 Å². The fraction of sp³-hybridized carbons (Fsp3) is 0.556. The molecule has 1 fully saturated rings. The van der Waals surface area contributed by atoms with Gasteiger partial charge in [-0.2, -0.15) is 0 Å². The molecule has 2 amide bonds. The SMILES string of the molecule is CCN(CC)C(=O)c1cccc(C(=O)NCCN2CCOCC2)c1. The van der Waals surface area contributed by atoms with Gasteiger partial charge in [0.2, 0.25) is 0 Å². The maximum atomic E-state index is 12.4. The van der Waals surface area contributed by atoms with Gasteiger partial charge in [0.15, 0.2) is 0 Å². The van der Waals surface area contributed by atoms with Gasteiger partial charge in [0.1, 0.15) is 0 Å². The Morgan fingerprint density at radius 2 is 1.83 bits per heavy atom. The molecule has 0 bridgehead atoms. The molecule has 1 aromatic rings. The van der Waals surface area contributed by atoms with E-state index in [9.17, 15) is 9.59 Å². The summed E-state index contributed by atoms with van der Waals surface area (Å²) in [5.74, 6) is -0.180. The summed E-state index contributed by atoms with van der Waals surface area (Å²) >= 11 is 0. The van der Waals surface area contributed by atoms with Gasteiger partial charge in [-0.05, 0) is 32.0 Å². The summed E-state index contributed by atoms with van der Waals surface area (Å²) in [7, 11) is 0. The third-order valence-corrected chi connectivity index (χ3v) is 4.24. The highest BCUT2D eigenvalue weighted by atomic mass is 16.5. The average Bonchev–Trinajstić information content (AvgIpc) is 2.63. The van der Waals surface area contributed by atoms with E-state index in [-0.39, 0.29) is 11.8 Å². The van der Waals surface area contributed by atoms with E-state index in [1.807, 2.05) is 13.8 Å². The fourth-order valence-electron chi connectivity index (χ4n) is 2.74. The lowest BCUT2D eigenvalue weighted by atomic mass is 10.1. The van der Waals surface area contributed by atoms with Gasteiger partial charge in [-0.15, -0.1) is 0 Å². The van der Waals surface area contributed by atoms with Gasteiger partial charge in [-0.3, -0.25) is 14.5 Å². The van der Waals surface area contributed by atoms with Gasteiger partial charge in [-0.1, -0.05) is 6.07 Å². The molecule has 1 aliphatic heterocycles. The molecule has 6 nitrogen and oxygen atoms in total. The number of amides is 2. The van der Waals surface area contributed by atoms with Crippen molar-refractivity contribution in [2.24, 2.45) is 0 Å². The molecule has 0 radical (unpaired) electrons. The second kappa shape index (κ2) is 9.39. The smallest absolute Gasteiger partial charge is 0.253 e. The molecule has 1 saturated heterocycles. The van der Waals surface area contributed by atoms with Gasteiger partial charge in [0.25, 0.3) is 11.8 Å². The maximum absolute atomic E-state index is 12.4. The summed E-state index contributed by atoms with van der Waals surface area (Å²) in [4.78, 5) is 28.7. The van der Waals surface area contributed by atoms with Gasteiger partial charge in [-0.25, -0.2) is 0 Å². The first kappa shape index (κ1) is 18.4. The van der Waals surface area contributed by atoms with Gasteiger partial charge in [0, 0.05) is 50.4 Å². The summed E-state index contributed by atoms with van der Waals surface area (Å²) in [6.45, 7) is 9.93. The van der Waals surface area contributed by atoms with Crippen LogP contribution >= 0.6 is 0 Å². The summed E-state index contributed by atoms with van der Waals surface area (Å²) < 4.78 is 5.30. The molecule has 0 aromatic heterocycles. The van der Waals surface area contributed by atoms with Crippen LogP contribution in [0.4, 0.5) is 0 Å². The number of hydrogen-bond donors (Lipinski definition) is 1. The van der Waals surface area contributed by atoms with E-state index in [1.54, 1.807) is 29.2 Å². The zero-order valence-corrected chi connectivity index (χ0v) is 14.6. The first-order valence-corrected chi connectivity index (χ1v) is 8.63. The van der Waals surface area contributed by atoms with Crippen LogP contribution < -0.4 is 5.32 Å². The zero-order valence-electron chi connectivity index (χ0n) is 14.6. The molecule has 0 unspecified atom stereocenters. The second-order valence-corrected chi connectivity index (χ2v) is 5.77. The predicted octanol–water partition coefficient (Wildman–Crippen LogP) is 1.23. The normalized spacial score (nSPS) is 15.1. The van der Waals surface area contributed by atoms with Crippen LogP contribution in [0.5, 0.6) is 0 Å². The van der Waals surface area contributed by atoms with Crippen molar-refractivity contribution in [1.82, 2.24) is 15.1 Å². The number of nitrogens with one attached hydrogen (secondary N) is 1. The Balaban J connectivity index is 1.89. The molecular formula is C18H27N3O3. The summed E-state index contributed by atoms with van der Waals surface area (Å²) in [5.41, 5.74) is 1.08. The number of carbonyl (C=O) groups is 2. The molecule has 0 spiro atoms. The molecule has 1 aromatic carbocycles. The van der Waals surface area contributed by atoms with Crippen molar-refractivity contribution < 1.29 is 14.3 Å². The number of rotatable bonds is 7. The Labute approximate surface area is 143 Å². The van der Waals surface area contributed by atoms with Crippen LogP contribution in [-0.2, 0) is 4.74 Å². The van der Waals surface area contributed by atoms with Gasteiger partial charge >= 0.3 is 0 Å². The van der Waals surface area contributed by atoms with E-state index < -0.39 is 0 Å². The second-order valence-electron chi connectivity index (χ2n) is 5.77. The van der Waals surface area contributed by atoms with Crippen LogP contribution in [0.1, 0.15) is 34.6 Å².